The van der Waals surface area contributed by atoms with E-state index < -0.39 is 53.4 Å². The highest BCUT2D eigenvalue weighted by Gasteiger charge is 2.45. The first kappa shape index (κ1) is 25.6. The van der Waals surface area contributed by atoms with E-state index in [4.69, 9.17) is 4.74 Å². The Kier molecular flexibility index (Phi) is 8.11. The van der Waals surface area contributed by atoms with Gasteiger partial charge in [0.05, 0.1) is 24.7 Å². The van der Waals surface area contributed by atoms with E-state index in [1.54, 1.807) is 0 Å². The van der Waals surface area contributed by atoms with Gasteiger partial charge in [0.25, 0.3) is 0 Å². The number of nitrogens with zero attached hydrogens (tertiary/aromatic N) is 1. The third-order valence-electron chi connectivity index (χ3n) is 4.35. The maximum atomic E-state index is 13.6. The summed E-state index contributed by atoms with van der Waals surface area (Å²) in [5.41, 5.74) is -4.37. The van der Waals surface area contributed by atoms with Crippen LogP contribution in [0.25, 0.3) is 0 Å². The molecule has 0 unspecified atom stereocenters. The first-order chi connectivity index (χ1) is 12.7. The molecule has 1 fully saturated rings. The zero-order chi connectivity index (χ0) is 21.3. The molecule has 168 valence electrons. The van der Waals surface area contributed by atoms with Gasteiger partial charge in [0, 0.05) is 37.8 Å². The molecule has 1 aromatic carbocycles. The van der Waals surface area contributed by atoms with Crippen molar-refractivity contribution in [1.82, 2.24) is 10.2 Å². The van der Waals surface area contributed by atoms with Crippen LogP contribution < -0.4 is 10.1 Å². The molecule has 1 aromatic rings. The zero-order valence-electron chi connectivity index (χ0n) is 14.9. The van der Waals surface area contributed by atoms with E-state index >= 15 is 0 Å². The Labute approximate surface area is 166 Å². The van der Waals surface area contributed by atoms with Crippen LogP contribution in [0.15, 0.2) is 12.1 Å². The molecule has 1 aliphatic rings. The Hall–Kier alpha value is -1.40. The van der Waals surface area contributed by atoms with Gasteiger partial charge in [-0.25, -0.2) is 0 Å². The van der Waals surface area contributed by atoms with Crippen LogP contribution >= 0.6 is 12.4 Å². The highest BCUT2D eigenvalue weighted by atomic mass is 35.5. The summed E-state index contributed by atoms with van der Waals surface area (Å²) in [4.78, 5) is 1.17. The molecule has 1 N–H and O–H groups in total. The largest absolute Gasteiger partial charge is 0.496 e. The quantitative estimate of drug-likeness (QED) is 0.636. The topological polar surface area (TPSA) is 24.5 Å². The predicted octanol–water partition coefficient (Wildman–Crippen LogP) is 5.05. The SMILES string of the molecule is COc1cc(C(F)(F)F)cc(C(F)(F)F)c1[C@@H](CC(F)(F)F)N1CCNCC1.Cl. The maximum Gasteiger partial charge on any atom is 0.416 e. The number of alkyl halides is 9. The van der Waals surface area contributed by atoms with Crippen LogP contribution in [-0.4, -0.2) is 44.4 Å². The summed E-state index contributed by atoms with van der Waals surface area (Å²) in [5.74, 6) is -0.880. The molecule has 29 heavy (non-hydrogen) atoms. The molecule has 1 atom stereocenters. The zero-order valence-corrected chi connectivity index (χ0v) is 15.7. The average molecular weight is 461 g/mol. The van der Waals surface area contributed by atoms with Gasteiger partial charge in [0.1, 0.15) is 5.75 Å². The van der Waals surface area contributed by atoms with Gasteiger partial charge >= 0.3 is 18.5 Å². The molecular weight excluding hydrogens is 443 g/mol. The van der Waals surface area contributed by atoms with Crippen molar-refractivity contribution >= 4 is 12.4 Å². The Morgan fingerprint density at radius 3 is 1.93 bits per heavy atom. The second kappa shape index (κ2) is 9.17. The molecule has 0 spiro atoms. The van der Waals surface area contributed by atoms with E-state index in [9.17, 15) is 39.5 Å². The van der Waals surface area contributed by atoms with Gasteiger partial charge in [-0.3, -0.25) is 4.90 Å². The molecule has 0 bridgehead atoms. The third-order valence-corrected chi connectivity index (χ3v) is 4.35. The molecule has 1 heterocycles. The molecular formula is C16H18ClF9N2O. The average Bonchev–Trinajstić information content (AvgIpc) is 2.57. The standard InChI is InChI=1S/C16H17F9N2O.ClH/c1-28-12-7-9(15(20,21)22)6-10(16(23,24)25)13(12)11(8-14(17,18)19)27-4-2-26-3-5-27;/h6-7,11,26H,2-5,8H2,1H3;1H/t11-;/m1./s1. The van der Waals surface area contributed by atoms with Crippen LogP contribution in [0.1, 0.15) is 29.2 Å². The van der Waals surface area contributed by atoms with Gasteiger partial charge in [-0.1, -0.05) is 0 Å². The Morgan fingerprint density at radius 1 is 0.966 bits per heavy atom. The minimum atomic E-state index is -5.30. The highest BCUT2D eigenvalue weighted by molar-refractivity contribution is 5.85. The summed E-state index contributed by atoms with van der Waals surface area (Å²) in [6, 6.07) is -1.70. The minimum absolute atomic E-state index is 0. The van der Waals surface area contributed by atoms with Crippen molar-refractivity contribution in [3.05, 3.63) is 28.8 Å². The van der Waals surface area contributed by atoms with Crippen molar-refractivity contribution in [2.45, 2.75) is 31.0 Å². The number of benzene rings is 1. The van der Waals surface area contributed by atoms with E-state index in [1.165, 1.54) is 4.90 Å². The lowest BCUT2D eigenvalue weighted by Crippen LogP contribution is -2.46. The van der Waals surface area contributed by atoms with Gasteiger partial charge in [-0.2, -0.15) is 39.5 Å². The lowest BCUT2D eigenvalue weighted by molar-refractivity contribution is -0.154. The van der Waals surface area contributed by atoms with Crippen molar-refractivity contribution in [3.63, 3.8) is 0 Å². The monoisotopic (exact) mass is 460 g/mol. The summed E-state index contributed by atoms with van der Waals surface area (Å²) in [5, 5.41) is 2.86. The Bertz CT molecular complexity index is 683. The fourth-order valence-electron chi connectivity index (χ4n) is 3.16. The van der Waals surface area contributed by atoms with Crippen molar-refractivity contribution in [3.8, 4) is 5.75 Å². The summed E-state index contributed by atoms with van der Waals surface area (Å²) < 4.78 is 124. The smallest absolute Gasteiger partial charge is 0.416 e. The number of nitrogens with one attached hydrogen (secondary N) is 1. The van der Waals surface area contributed by atoms with Crippen LogP contribution in [0.4, 0.5) is 39.5 Å². The molecule has 0 aromatic heterocycles. The number of ether oxygens (including phenoxy) is 1. The molecule has 1 saturated heterocycles. The Morgan fingerprint density at radius 2 is 1.52 bits per heavy atom. The summed E-state index contributed by atoms with van der Waals surface area (Å²) >= 11 is 0. The molecule has 0 amide bonds. The van der Waals surface area contributed by atoms with Crippen molar-refractivity contribution in [2.24, 2.45) is 0 Å². The predicted molar refractivity (Wildman–Crippen MR) is 88.1 cm³/mol. The van der Waals surface area contributed by atoms with Crippen LogP contribution in [-0.2, 0) is 12.4 Å². The van der Waals surface area contributed by atoms with E-state index in [-0.39, 0.29) is 44.7 Å². The second-order valence-corrected chi connectivity index (χ2v) is 6.26. The van der Waals surface area contributed by atoms with Crippen molar-refractivity contribution in [1.29, 1.82) is 0 Å². The molecule has 1 aliphatic heterocycles. The fraction of sp³-hybridized carbons (Fsp3) is 0.625. The van der Waals surface area contributed by atoms with Crippen LogP contribution in [0, 0.1) is 0 Å². The fourth-order valence-corrected chi connectivity index (χ4v) is 3.16. The third kappa shape index (κ3) is 6.54. The van der Waals surface area contributed by atoms with Crippen molar-refractivity contribution in [2.75, 3.05) is 33.3 Å². The number of methoxy groups -OCH3 is 1. The van der Waals surface area contributed by atoms with E-state index in [2.05, 4.69) is 5.32 Å². The molecule has 13 heteroatoms. The van der Waals surface area contributed by atoms with Gasteiger partial charge in [-0.05, 0) is 12.1 Å². The summed E-state index contributed by atoms with van der Waals surface area (Å²) in [6.45, 7) is 0.474. The van der Waals surface area contributed by atoms with Crippen LogP contribution in [0.5, 0.6) is 5.75 Å². The van der Waals surface area contributed by atoms with Gasteiger partial charge in [0.2, 0.25) is 0 Å². The molecule has 0 aliphatic carbocycles. The first-order valence-corrected chi connectivity index (χ1v) is 8.12. The maximum absolute atomic E-state index is 13.6. The highest BCUT2D eigenvalue weighted by Crippen LogP contribution is 2.47. The second-order valence-electron chi connectivity index (χ2n) is 6.26. The molecule has 0 saturated carbocycles. The molecule has 2 rings (SSSR count). The number of piperazine rings is 1. The number of rotatable bonds is 4. The molecule has 3 nitrogen and oxygen atoms in total. The van der Waals surface area contributed by atoms with E-state index in [0.29, 0.717) is 6.07 Å². The van der Waals surface area contributed by atoms with Crippen molar-refractivity contribution < 1.29 is 44.3 Å². The number of halogens is 10. The van der Waals surface area contributed by atoms with Gasteiger partial charge in [-0.15, -0.1) is 12.4 Å². The van der Waals surface area contributed by atoms with E-state index in [1.807, 2.05) is 0 Å². The minimum Gasteiger partial charge on any atom is -0.496 e. The lowest BCUT2D eigenvalue weighted by Gasteiger charge is -2.37. The Balaban J connectivity index is 0.00000420. The van der Waals surface area contributed by atoms with Gasteiger partial charge < -0.3 is 10.1 Å². The number of hydrogen-bond acceptors (Lipinski definition) is 3. The van der Waals surface area contributed by atoms with E-state index in [0.717, 1.165) is 7.11 Å². The molecule has 0 radical (unpaired) electrons. The normalized spacial score (nSPS) is 17.6. The van der Waals surface area contributed by atoms with Gasteiger partial charge in [0.15, 0.2) is 0 Å². The summed E-state index contributed by atoms with van der Waals surface area (Å²) in [7, 11) is 0.821. The lowest BCUT2D eigenvalue weighted by atomic mass is 9.92. The summed E-state index contributed by atoms with van der Waals surface area (Å²) in [6.07, 6.45) is -16.9. The first-order valence-electron chi connectivity index (χ1n) is 8.12. The van der Waals surface area contributed by atoms with Crippen LogP contribution in [0.3, 0.4) is 0 Å². The number of hydrogen-bond donors (Lipinski definition) is 1. The van der Waals surface area contributed by atoms with Crippen LogP contribution in [0.2, 0.25) is 0 Å².